The van der Waals surface area contributed by atoms with Crippen LogP contribution in [0.15, 0.2) is 121 Å². The summed E-state index contributed by atoms with van der Waals surface area (Å²) in [5.41, 5.74) is 10.9. The van der Waals surface area contributed by atoms with Gasteiger partial charge in [-0.25, -0.2) is 0 Å². The van der Waals surface area contributed by atoms with Crippen LogP contribution in [-0.4, -0.2) is 63.8 Å². The zero-order valence-corrected chi connectivity index (χ0v) is 63.6. The summed E-state index contributed by atoms with van der Waals surface area (Å²) in [7, 11) is 1.38. The van der Waals surface area contributed by atoms with Crippen LogP contribution < -0.4 is 90.0 Å². The van der Waals surface area contributed by atoms with Gasteiger partial charge in [-0.3, -0.25) is 0 Å². The van der Waals surface area contributed by atoms with E-state index in [1.807, 2.05) is 27.7 Å². The van der Waals surface area contributed by atoms with E-state index in [1.165, 1.54) is 49.6 Å². The summed E-state index contributed by atoms with van der Waals surface area (Å²) >= 11 is 0. The van der Waals surface area contributed by atoms with Gasteiger partial charge < -0.3 is 90.0 Å². The quantitative estimate of drug-likeness (QED) is 0.142. The molecule has 9 aromatic rings. The van der Waals surface area contributed by atoms with Crippen molar-refractivity contribution in [1.29, 1.82) is 0 Å². The number of benzene rings is 9. The number of hydrogen-bond donors (Lipinski definition) is 0. The molecule has 0 saturated carbocycles. The van der Waals surface area contributed by atoms with E-state index in [9.17, 15) is 79.0 Å². The van der Waals surface area contributed by atoms with E-state index >= 15 is 0 Å². The minimum Gasteiger partial charge on any atom is -0.493 e. The van der Waals surface area contributed by atoms with Crippen molar-refractivity contribution in [2.45, 2.75) is 161 Å². The van der Waals surface area contributed by atoms with Crippen LogP contribution in [0.4, 0.5) is 79.0 Å². The molecule has 37 heteroatoms. The molecular weight excluding hydrogens is 1590 g/mol. The molecule has 9 aromatic carbocycles. The summed E-state index contributed by atoms with van der Waals surface area (Å²) in [6.45, 7) is 26.1. The molecule has 0 spiro atoms. The van der Waals surface area contributed by atoms with Crippen molar-refractivity contribution in [3.8, 4) is 109 Å². The molecule has 0 aliphatic carbocycles. The average molecular weight is 1660 g/mol. The number of alkyl halides is 18. The highest BCUT2D eigenvalue weighted by molar-refractivity contribution is 5.59. The highest BCUT2D eigenvalue weighted by Gasteiger charge is 2.51. The molecule has 0 radical (unpaired) electrons. The summed E-state index contributed by atoms with van der Waals surface area (Å²) in [6, 6.07) is 32.5. The van der Waals surface area contributed by atoms with Gasteiger partial charge in [0.15, 0.2) is 103 Å². The number of ether oxygens (including phenoxy) is 19. The second-order valence-corrected chi connectivity index (χ2v) is 26.3. The monoisotopic (exact) mass is 1660 g/mol. The predicted octanol–water partition coefficient (Wildman–Crippen LogP) is 22.7. The first-order chi connectivity index (χ1) is 53.6. The third-order valence-electron chi connectivity index (χ3n) is 16.9. The summed E-state index contributed by atoms with van der Waals surface area (Å²) in [5, 5.41) is 0. The number of halogens is 18. The van der Waals surface area contributed by atoms with Gasteiger partial charge in [-0.15, -0.1) is 79.0 Å². The lowest BCUT2D eigenvalue weighted by molar-refractivity contribution is -0.288. The topological polar surface area (TPSA) is 175 Å². The molecule has 18 rings (SSSR count). The molecule has 0 aromatic heterocycles. The molecule has 0 saturated heterocycles. The zero-order valence-electron chi connectivity index (χ0n) is 63.6. The zero-order chi connectivity index (χ0) is 85.7. The molecule has 116 heavy (non-hydrogen) atoms. The van der Waals surface area contributed by atoms with Gasteiger partial charge in [0, 0.05) is 0 Å². The van der Waals surface area contributed by atoms with Crippen molar-refractivity contribution < 1.29 is 169 Å². The Balaban J connectivity index is 0.000000138. The van der Waals surface area contributed by atoms with Gasteiger partial charge in [0.05, 0.1) is 7.11 Å². The summed E-state index contributed by atoms with van der Waals surface area (Å²) in [4.78, 5) is 0. The van der Waals surface area contributed by atoms with Crippen molar-refractivity contribution in [3.63, 3.8) is 0 Å². The lowest BCUT2D eigenvalue weighted by Gasteiger charge is -2.05. The van der Waals surface area contributed by atoms with Crippen molar-refractivity contribution in [2.24, 2.45) is 0 Å². The number of para-hydroxylation sites is 1. The van der Waals surface area contributed by atoms with Crippen LogP contribution in [0.1, 0.15) is 83.5 Å². The second-order valence-electron chi connectivity index (χ2n) is 26.3. The average Bonchev–Trinajstić information content (AvgIpc) is 1.63. The van der Waals surface area contributed by atoms with Crippen molar-refractivity contribution in [2.75, 3.05) is 7.11 Å². The van der Waals surface area contributed by atoms with Gasteiger partial charge in [-0.05, 0) is 236 Å². The Labute approximate surface area is 648 Å². The largest absolute Gasteiger partial charge is 0.586 e. The van der Waals surface area contributed by atoms with Crippen LogP contribution in [0.25, 0.3) is 0 Å². The standard InChI is InChI=1S/C9H8F2O3.6C9H8F2O2.2C8H6F2O2/c1-5-3-4-6(12-2)8-7(5)13-9(10,11)14-8;2*1-5-3-6(2)8-7(4-5)12-9(10,11)13-8;2*1-5-3-4-7-8(6(5)2)13-9(10,11)12-7;2*1-5-3-4-6(2)8-7(5)12-9(10,11)13-8;1-5-2-3-6-7(4-5)12-8(9,10)11-6;1-5-3-2-4-6-7(5)12-8(9,10)11-6/h3-4H,1-2H3;6*3-4H,1-2H3;2*2-4H,1H3. The Bertz CT molecular complexity index is 4910. The van der Waals surface area contributed by atoms with Gasteiger partial charge in [0.25, 0.3) is 0 Å². The molecule has 0 bridgehead atoms. The highest BCUT2D eigenvalue weighted by Crippen LogP contribution is 2.53. The van der Waals surface area contributed by atoms with Crippen molar-refractivity contribution >= 4 is 0 Å². The molecule has 0 atom stereocenters. The smallest absolute Gasteiger partial charge is 0.493 e. The van der Waals surface area contributed by atoms with Gasteiger partial charge in [0.1, 0.15) is 0 Å². The summed E-state index contributed by atoms with van der Waals surface area (Å²) in [6.07, 6.45) is -31.7. The minimum absolute atomic E-state index is 0.0364. The van der Waals surface area contributed by atoms with E-state index in [4.69, 9.17) is 4.74 Å². The Hall–Kier alpha value is -12.1. The first kappa shape index (κ1) is 86.3. The van der Waals surface area contributed by atoms with Gasteiger partial charge in [-0.2, -0.15) is 0 Å². The molecule has 0 amide bonds. The molecule has 0 fully saturated rings. The normalized spacial score (nSPS) is 17.5. The SMILES string of the molecule is COc1ccc(C)c2c1OC(F)(F)O2.Cc1cc(C)c2c(c1)OC(F)(F)O2.Cc1cc(C)c2c(c1)OC(F)(F)O2.Cc1ccc(C)c2c1OC(F)(F)O2.Cc1ccc(C)c2c1OC(F)(F)O2.Cc1ccc2c(c1)OC(F)(F)O2.Cc1ccc2c(c1C)OC(F)(F)O2.Cc1ccc2c(c1C)OC(F)(F)O2.Cc1cccc2c1OC(F)(F)O2. The highest BCUT2D eigenvalue weighted by atomic mass is 19.3. The van der Waals surface area contributed by atoms with E-state index in [0.717, 1.165) is 27.8 Å². The maximum Gasteiger partial charge on any atom is 0.586 e. The second kappa shape index (κ2) is 32.0. The maximum absolute atomic E-state index is 12.7. The van der Waals surface area contributed by atoms with Gasteiger partial charge in [0.2, 0.25) is 5.75 Å². The van der Waals surface area contributed by atoms with E-state index < -0.39 is 56.7 Å². The van der Waals surface area contributed by atoms with Crippen LogP contribution in [0.5, 0.6) is 109 Å². The molecule has 9 heterocycles. The van der Waals surface area contributed by atoms with Crippen LogP contribution in [0.2, 0.25) is 0 Å². The van der Waals surface area contributed by atoms with E-state index in [2.05, 4.69) is 85.3 Å². The summed E-state index contributed by atoms with van der Waals surface area (Å²) < 4.78 is 309. The van der Waals surface area contributed by atoms with Crippen LogP contribution >= 0.6 is 0 Å². The van der Waals surface area contributed by atoms with Gasteiger partial charge >= 0.3 is 56.7 Å². The van der Waals surface area contributed by atoms with Crippen LogP contribution in [0, 0.1) is 104 Å². The molecule has 624 valence electrons. The number of hydrogen-bond acceptors (Lipinski definition) is 19. The lowest BCUT2D eigenvalue weighted by Crippen LogP contribution is -2.26. The third-order valence-corrected chi connectivity index (χ3v) is 16.9. The van der Waals surface area contributed by atoms with Crippen molar-refractivity contribution in [1.82, 2.24) is 0 Å². The first-order valence-corrected chi connectivity index (χ1v) is 34.0. The minimum atomic E-state index is -3.60. The third kappa shape index (κ3) is 20.7. The van der Waals surface area contributed by atoms with E-state index in [-0.39, 0.29) is 109 Å². The molecule has 0 unspecified atom stereocenters. The fourth-order valence-electron chi connectivity index (χ4n) is 11.2. The van der Waals surface area contributed by atoms with E-state index in [0.29, 0.717) is 55.6 Å². The molecule has 0 N–H and O–H groups in total. The Morgan fingerprint density at radius 3 is 0.793 bits per heavy atom. The predicted molar refractivity (Wildman–Crippen MR) is 371 cm³/mol. The number of aryl methyl sites for hydroxylation is 13. The van der Waals surface area contributed by atoms with Gasteiger partial charge in [-0.1, -0.05) is 72.8 Å². The molecule has 9 aliphatic heterocycles. The Kier molecular flexibility index (Phi) is 23.8. The number of methoxy groups -OCH3 is 1. The lowest BCUT2D eigenvalue weighted by atomic mass is 10.1. The fraction of sp³-hybridized carbons (Fsp3) is 0.316. The Morgan fingerprint density at radius 1 is 0.190 bits per heavy atom. The van der Waals surface area contributed by atoms with Crippen LogP contribution in [-0.2, 0) is 0 Å². The molecular formula is C79H68F18O19. The number of rotatable bonds is 1. The molecule has 19 nitrogen and oxygen atoms in total. The first-order valence-electron chi connectivity index (χ1n) is 34.0. The van der Waals surface area contributed by atoms with Crippen LogP contribution in [0.3, 0.4) is 0 Å². The van der Waals surface area contributed by atoms with E-state index in [1.54, 1.807) is 155 Å². The molecule has 9 aliphatic rings. The van der Waals surface area contributed by atoms with Crippen molar-refractivity contribution in [3.05, 3.63) is 205 Å². The number of fused-ring (bicyclic) bond motifs is 9. The summed E-state index contributed by atoms with van der Waals surface area (Å²) in [5.74, 6) is 2.21. The fourth-order valence-corrected chi connectivity index (χ4v) is 11.2. The maximum atomic E-state index is 12.7. The Morgan fingerprint density at radius 2 is 0.431 bits per heavy atom.